The van der Waals surface area contributed by atoms with Crippen LogP contribution >= 0.6 is 0 Å². The molecule has 0 spiro atoms. The molecule has 0 aliphatic rings. The van der Waals surface area contributed by atoms with Crippen LogP contribution in [-0.2, 0) is 4.74 Å². The lowest BCUT2D eigenvalue weighted by Crippen LogP contribution is -2.39. The van der Waals surface area contributed by atoms with Gasteiger partial charge in [-0.1, -0.05) is 13.8 Å². The van der Waals surface area contributed by atoms with Crippen molar-refractivity contribution >= 4 is 6.09 Å². The Hall–Kier alpha value is -1.24. The lowest BCUT2D eigenvalue weighted by Gasteiger charge is -2.26. The number of rotatable bonds is 3. The fraction of sp³-hybridized carbons (Fsp3) is 0.818. The molecule has 86 valence electrons. The lowest BCUT2D eigenvalue weighted by atomic mass is 10.2. The molecule has 0 aromatic rings. The van der Waals surface area contributed by atoms with E-state index in [0.717, 1.165) is 0 Å². The third kappa shape index (κ3) is 6.78. The van der Waals surface area contributed by atoms with Crippen LogP contribution in [0.2, 0.25) is 0 Å². The molecule has 0 saturated heterocycles. The summed E-state index contributed by atoms with van der Waals surface area (Å²) in [5.74, 6) is 0.325. The molecule has 0 aliphatic heterocycles. The summed E-state index contributed by atoms with van der Waals surface area (Å²) in [7, 11) is 0. The molecule has 15 heavy (non-hydrogen) atoms. The number of nitrogens with zero attached hydrogens (tertiary/aromatic N) is 2. The summed E-state index contributed by atoms with van der Waals surface area (Å²) in [5.41, 5.74) is -0.512. The quantitative estimate of drug-likeness (QED) is 0.675. The highest BCUT2D eigenvalue weighted by Gasteiger charge is 2.22. The fourth-order valence-electron chi connectivity index (χ4n) is 1.06. The summed E-state index contributed by atoms with van der Waals surface area (Å²) < 4.78 is 5.19. The molecule has 0 saturated carbocycles. The minimum absolute atomic E-state index is 0.0765. The molecular weight excluding hydrogens is 192 g/mol. The summed E-state index contributed by atoms with van der Waals surface area (Å²) in [4.78, 5) is 13.1. The molecule has 0 fully saturated rings. The van der Waals surface area contributed by atoms with Gasteiger partial charge in [-0.15, -0.1) is 0 Å². The first-order valence-corrected chi connectivity index (χ1v) is 5.11. The van der Waals surface area contributed by atoms with Crippen LogP contribution in [-0.4, -0.2) is 29.7 Å². The molecule has 0 bridgehead atoms. The van der Waals surface area contributed by atoms with Crippen LogP contribution < -0.4 is 0 Å². The van der Waals surface area contributed by atoms with Gasteiger partial charge in [0.1, 0.15) is 12.1 Å². The maximum Gasteiger partial charge on any atom is 0.411 e. The summed E-state index contributed by atoms with van der Waals surface area (Å²) in [6, 6.07) is 1.96. The maximum atomic E-state index is 11.6. The van der Waals surface area contributed by atoms with Gasteiger partial charge in [0.2, 0.25) is 0 Å². The van der Waals surface area contributed by atoms with E-state index in [1.54, 1.807) is 0 Å². The molecule has 0 aromatic carbocycles. The van der Waals surface area contributed by atoms with Crippen molar-refractivity contribution in [3.05, 3.63) is 0 Å². The highest BCUT2D eigenvalue weighted by atomic mass is 16.6. The van der Waals surface area contributed by atoms with E-state index >= 15 is 0 Å². The van der Waals surface area contributed by atoms with Gasteiger partial charge in [-0.05, 0) is 26.7 Å². The Balaban J connectivity index is 4.37. The Labute approximate surface area is 91.8 Å². The SMILES string of the molecule is CC(C)CN(CC#N)C(=O)OC(C)(C)C. The summed E-state index contributed by atoms with van der Waals surface area (Å²) in [6.45, 7) is 10.0. The Bertz CT molecular complexity index is 248. The zero-order valence-electron chi connectivity index (χ0n) is 10.2. The molecule has 1 amide bonds. The average Bonchev–Trinajstić information content (AvgIpc) is 1.99. The van der Waals surface area contributed by atoms with Gasteiger partial charge >= 0.3 is 6.09 Å². The fourth-order valence-corrected chi connectivity index (χ4v) is 1.06. The summed E-state index contributed by atoms with van der Waals surface area (Å²) in [5, 5.41) is 8.60. The average molecular weight is 212 g/mol. The van der Waals surface area contributed by atoms with Gasteiger partial charge in [0.25, 0.3) is 0 Å². The number of hydrogen-bond donors (Lipinski definition) is 0. The second-order valence-electron chi connectivity index (χ2n) is 4.91. The molecule has 0 atom stereocenters. The van der Waals surface area contributed by atoms with Gasteiger partial charge in [0, 0.05) is 6.54 Å². The molecule has 4 nitrogen and oxygen atoms in total. The molecule has 0 N–H and O–H groups in total. The molecular formula is C11H20N2O2. The zero-order valence-corrected chi connectivity index (χ0v) is 10.2. The van der Waals surface area contributed by atoms with Crippen molar-refractivity contribution in [1.82, 2.24) is 4.90 Å². The summed E-state index contributed by atoms with van der Waals surface area (Å²) >= 11 is 0. The number of carbonyl (C=O) groups is 1. The molecule has 0 aromatic heterocycles. The van der Waals surface area contributed by atoms with Crippen LogP contribution in [0.5, 0.6) is 0 Å². The standard InChI is InChI=1S/C11H20N2O2/c1-9(2)8-13(7-6-12)10(14)15-11(3,4)5/h9H,7-8H2,1-5H3. The second kappa shape index (κ2) is 5.59. The van der Waals surface area contributed by atoms with Crippen LogP contribution in [0.3, 0.4) is 0 Å². The van der Waals surface area contributed by atoms with Crippen molar-refractivity contribution in [2.24, 2.45) is 5.92 Å². The van der Waals surface area contributed by atoms with Gasteiger partial charge in [-0.3, -0.25) is 4.90 Å². The van der Waals surface area contributed by atoms with E-state index in [1.807, 2.05) is 40.7 Å². The third-order valence-corrected chi connectivity index (χ3v) is 1.50. The molecule has 4 heteroatoms. The van der Waals surface area contributed by atoms with Crippen molar-refractivity contribution < 1.29 is 9.53 Å². The molecule has 0 radical (unpaired) electrons. The number of carbonyl (C=O) groups excluding carboxylic acids is 1. The van der Waals surface area contributed by atoms with Crippen molar-refractivity contribution in [2.45, 2.75) is 40.2 Å². The minimum atomic E-state index is -0.512. The van der Waals surface area contributed by atoms with E-state index in [0.29, 0.717) is 12.5 Å². The Morgan fingerprint density at radius 1 is 1.47 bits per heavy atom. The first-order valence-electron chi connectivity index (χ1n) is 5.11. The van der Waals surface area contributed by atoms with Crippen LogP contribution in [0.25, 0.3) is 0 Å². The Morgan fingerprint density at radius 3 is 2.33 bits per heavy atom. The van der Waals surface area contributed by atoms with Crippen molar-refractivity contribution in [2.75, 3.05) is 13.1 Å². The molecule has 0 rings (SSSR count). The number of nitriles is 1. The number of amides is 1. The monoisotopic (exact) mass is 212 g/mol. The Morgan fingerprint density at radius 2 is 2.00 bits per heavy atom. The predicted molar refractivity (Wildman–Crippen MR) is 58.3 cm³/mol. The molecule has 0 heterocycles. The van der Waals surface area contributed by atoms with E-state index in [-0.39, 0.29) is 6.54 Å². The van der Waals surface area contributed by atoms with Gasteiger partial charge < -0.3 is 4.74 Å². The zero-order chi connectivity index (χ0) is 12.1. The lowest BCUT2D eigenvalue weighted by molar-refractivity contribution is 0.0254. The van der Waals surface area contributed by atoms with Crippen LogP contribution in [0, 0.1) is 17.2 Å². The van der Waals surface area contributed by atoms with Gasteiger partial charge in [-0.2, -0.15) is 5.26 Å². The van der Waals surface area contributed by atoms with Gasteiger partial charge in [0.05, 0.1) is 6.07 Å². The highest BCUT2D eigenvalue weighted by Crippen LogP contribution is 2.10. The first-order chi connectivity index (χ1) is 6.76. The van der Waals surface area contributed by atoms with Crippen molar-refractivity contribution in [1.29, 1.82) is 5.26 Å². The van der Waals surface area contributed by atoms with E-state index in [4.69, 9.17) is 10.00 Å². The summed E-state index contributed by atoms with van der Waals surface area (Å²) in [6.07, 6.45) is -0.419. The minimum Gasteiger partial charge on any atom is -0.444 e. The van der Waals surface area contributed by atoms with Gasteiger partial charge in [-0.25, -0.2) is 4.79 Å². The highest BCUT2D eigenvalue weighted by molar-refractivity contribution is 5.68. The predicted octanol–water partition coefficient (Wildman–Crippen LogP) is 2.40. The van der Waals surface area contributed by atoms with E-state index in [2.05, 4.69) is 0 Å². The maximum absolute atomic E-state index is 11.6. The van der Waals surface area contributed by atoms with E-state index in [9.17, 15) is 4.79 Å². The number of hydrogen-bond acceptors (Lipinski definition) is 3. The topological polar surface area (TPSA) is 53.3 Å². The van der Waals surface area contributed by atoms with Crippen molar-refractivity contribution in [3.63, 3.8) is 0 Å². The molecule has 0 unspecified atom stereocenters. The Kier molecular flexibility index (Phi) is 5.13. The normalized spacial score (nSPS) is 11.0. The largest absolute Gasteiger partial charge is 0.444 e. The van der Waals surface area contributed by atoms with E-state index in [1.165, 1.54) is 4.90 Å². The van der Waals surface area contributed by atoms with Crippen LogP contribution in [0.4, 0.5) is 4.79 Å². The van der Waals surface area contributed by atoms with Crippen LogP contribution in [0.1, 0.15) is 34.6 Å². The van der Waals surface area contributed by atoms with Crippen molar-refractivity contribution in [3.8, 4) is 6.07 Å². The van der Waals surface area contributed by atoms with Gasteiger partial charge in [0.15, 0.2) is 0 Å². The van der Waals surface area contributed by atoms with Crippen LogP contribution in [0.15, 0.2) is 0 Å². The molecule has 0 aliphatic carbocycles. The second-order valence-corrected chi connectivity index (χ2v) is 4.91. The number of ether oxygens (including phenoxy) is 1. The first kappa shape index (κ1) is 13.8. The smallest absolute Gasteiger partial charge is 0.411 e. The third-order valence-electron chi connectivity index (χ3n) is 1.50. The van der Waals surface area contributed by atoms with E-state index < -0.39 is 11.7 Å².